The summed E-state index contributed by atoms with van der Waals surface area (Å²) >= 11 is 0. The van der Waals surface area contributed by atoms with Crippen LogP contribution in [0.15, 0.2) is 24.3 Å². The van der Waals surface area contributed by atoms with E-state index in [1.807, 2.05) is 12.1 Å². The molecule has 1 amide bonds. The fraction of sp³-hybridized carbons (Fsp3) is 0.588. The molecule has 0 saturated heterocycles. The van der Waals surface area contributed by atoms with E-state index < -0.39 is 0 Å². The van der Waals surface area contributed by atoms with Gasteiger partial charge in [-0.3, -0.25) is 4.79 Å². The summed E-state index contributed by atoms with van der Waals surface area (Å²) < 4.78 is 0. The molecule has 1 rings (SSSR count). The van der Waals surface area contributed by atoms with E-state index in [0.29, 0.717) is 6.42 Å². The van der Waals surface area contributed by atoms with E-state index in [9.17, 15) is 4.79 Å². The maximum Gasteiger partial charge on any atom is 0.224 e. The number of carbonyl (C=O) groups is 1. The molecule has 1 N–H and O–H groups in total. The second kappa shape index (κ2) is 5.77. The Morgan fingerprint density at radius 1 is 0.947 bits per heavy atom. The van der Waals surface area contributed by atoms with Crippen LogP contribution in [-0.4, -0.2) is 5.91 Å². The maximum atomic E-state index is 11.8. The van der Waals surface area contributed by atoms with Gasteiger partial charge in [0, 0.05) is 12.1 Å². The van der Waals surface area contributed by atoms with Gasteiger partial charge >= 0.3 is 0 Å². The smallest absolute Gasteiger partial charge is 0.224 e. The second-order valence-corrected chi connectivity index (χ2v) is 7.72. The molecule has 2 heteroatoms. The Bertz CT molecular complexity index is 418. The first-order valence-corrected chi connectivity index (χ1v) is 6.94. The molecule has 0 spiro atoms. The summed E-state index contributed by atoms with van der Waals surface area (Å²) in [7, 11) is 0. The van der Waals surface area contributed by atoms with Crippen molar-refractivity contribution in [3.8, 4) is 0 Å². The summed E-state index contributed by atoms with van der Waals surface area (Å²) in [6, 6.07) is 8.17. The first kappa shape index (κ1) is 15.7. The first-order valence-electron chi connectivity index (χ1n) is 6.94. The van der Waals surface area contributed by atoms with Gasteiger partial charge in [-0.15, -0.1) is 0 Å². The molecule has 0 radical (unpaired) electrons. The van der Waals surface area contributed by atoms with Gasteiger partial charge in [0.15, 0.2) is 0 Å². The number of rotatable bonds is 3. The lowest BCUT2D eigenvalue weighted by molar-refractivity contribution is -0.117. The monoisotopic (exact) mass is 261 g/mol. The zero-order valence-electron chi connectivity index (χ0n) is 13.1. The van der Waals surface area contributed by atoms with Crippen LogP contribution >= 0.6 is 0 Å². The van der Waals surface area contributed by atoms with Crippen molar-refractivity contribution in [2.45, 2.75) is 54.4 Å². The van der Waals surface area contributed by atoms with Crippen molar-refractivity contribution in [2.24, 2.45) is 10.8 Å². The van der Waals surface area contributed by atoms with Crippen LogP contribution < -0.4 is 5.32 Å². The van der Waals surface area contributed by atoms with Gasteiger partial charge in [-0.05, 0) is 34.9 Å². The maximum absolute atomic E-state index is 11.8. The summed E-state index contributed by atoms with van der Waals surface area (Å²) in [5, 5.41) is 2.95. The van der Waals surface area contributed by atoms with E-state index in [1.165, 1.54) is 5.56 Å². The zero-order valence-corrected chi connectivity index (χ0v) is 13.1. The van der Waals surface area contributed by atoms with E-state index in [2.05, 4.69) is 59.0 Å². The Morgan fingerprint density at radius 2 is 1.47 bits per heavy atom. The predicted octanol–water partition coefficient (Wildman–Crippen LogP) is 4.65. The van der Waals surface area contributed by atoms with Crippen LogP contribution in [0.1, 0.15) is 53.5 Å². The molecule has 0 aromatic heterocycles. The van der Waals surface area contributed by atoms with Gasteiger partial charge in [-0.1, -0.05) is 53.7 Å². The SMILES string of the molecule is CC(C)(C)CC(=O)Nc1ccc(CC(C)(C)C)cc1. The van der Waals surface area contributed by atoms with Crippen molar-refractivity contribution in [1.82, 2.24) is 0 Å². The number of hydrogen-bond acceptors (Lipinski definition) is 1. The molecule has 0 aliphatic rings. The van der Waals surface area contributed by atoms with Crippen molar-refractivity contribution in [2.75, 3.05) is 5.32 Å². The highest BCUT2D eigenvalue weighted by Crippen LogP contribution is 2.22. The average Bonchev–Trinajstić information content (AvgIpc) is 2.15. The molecular weight excluding hydrogens is 234 g/mol. The van der Waals surface area contributed by atoms with Crippen LogP contribution in [0, 0.1) is 10.8 Å². The number of amides is 1. The Morgan fingerprint density at radius 3 is 1.89 bits per heavy atom. The molecule has 0 unspecified atom stereocenters. The van der Waals surface area contributed by atoms with E-state index in [4.69, 9.17) is 0 Å². The molecule has 0 aliphatic carbocycles. The van der Waals surface area contributed by atoms with Crippen LogP contribution in [0.3, 0.4) is 0 Å². The number of benzene rings is 1. The summed E-state index contributed by atoms with van der Waals surface area (Å²) in [5.41, 5.74) is 2.50. The fourth-order valence-electron chi connectivity index (χ4n) is 2.01. The van der Waals surface area contributed by atoms with Crippen molar-refractivity contribution in [3.63, 3.8) is 0 Å². The number of hydrogen-bond donors (Lipinski definition) is 1. The summed E-state index contributed by atoms with van der Waals surface area (Å²) in [6.45, 7) is 12.9. The Balaban J connectivity index is 2.60. The zero-order chi connectivity index (χ0) is 14.7. The molecule has 0 atom stereocenters. The lowest BCUT2D eigenvalue weighted by Crippen LogP contribution is -2.19. The molecule has 19 heavy (non-hydrogen) atoms. The third kappa shape index (κ3) is 7.00. The van der Waals surface area contributed by atoms with Crippen LogP contribution in [0.4, 0.5) is 5.69 Å². The normalized spacial score (nSPS) is 12.3. The molecule has 0 saturated carbocycles. The number of nitrogens with one attached hydrogen (secondary N) is 1. The molecule has 0 bridgehead atoms. The van der Waals surface area contributed by atoms with E-state index in [0.717, 1.165) is 12.1 Å². The summed E-state index contributed by atoms with van der Waals surface area (Å²) in [4.78, 5) is 11.8. The van der Waals surface area contributed by atoms with E-state index >= 15 is 0 Å². The minimum absolute atomic E-state index is 0.0241. The highest BCUT2D eigenvalue weighted by atomic mass is 16.1. The predicted molar refractivity (Wildman–Crippen MR) is 82.3 cm³/mol. The van der Waals surface area contributed by atoms with Crippen LogP contribution in [0.2, 0.25) is 0 Å². The fourth-order valence-corrected chi connectivity index (χ4v) is 2.01. The minimum Gasteiger partial charge on any atom is -0.326 e. The lowest BCUT2D eigenvalue weighted by atomic mass is 9.88. The van der Waals surface area contributed by atoms with Gasteiger partial charge in [0.1, 0.15) is 0 Å². The molecule has 2 nitrogen and oxygen atoms in total. The van der Waals surface area contributed by atoms with Gasteiger partial charge in [-0.2, -0.15) is 0 Å². The average molecular weight is 261 g/mol. The van der Waals surface area contributed by atoms with Gasteiger partial charge in [0.25, 0.3) is 0 Å². The van der Waals surface area contributed by atoms with Gasteiger partial charge < -0.3 is 5.32 Å². The molecule has 0 fully saturated rings. The summed E-state index contributed by atoms with van der Waals surface area (Å²) in [6.07, 6.45) is 1.58. The third-order valence-corrected chi connectivity index (χ3v) is 2.66. The van der Waals surface area contributed by atoms with Crippen LogP contribution in [0.5, 0.6) is 0 Å². The molecule has 106 valence electrons. The molecule has 1 aromatic rings. The van der Waals surface area contributed by atoms with Crippen molar-refractivity contribution in [1.29, 1.82) is 0 Å². The highest BCUT2D eigenvalue weighted by Gasteiger charge is 2.16. The van der Waals surface area contributed by atoms with Crippen molar-refractivity contribution < 1.29 is 4.79 Å². The quantitative estimate of drug-likeness (QED) is 0.843. The number of anilines is 1. The summed E-state index contributed by atoms with van der Waals surface area (Å²) in [5.74, 6) is 0.0797. The first-order chi connectivity index (χ1) is 8.55. The second-order valence-electron chi connectivity index (χ2n) is 7.72. The molecular formula is C17H27NO. The number of carbonyl (C=O) groups excluding carboxylic acids is 1. The topological polar surface area (TPSA) is 29.1 Å². The molecule has 1 aromatic carbocycles. The van der Waals surface area contributed by atoms with Crippen molar-refractivity contribution in [3.05, 3.63) is 29.8 Å². The largest absolute Gasteiger partial charge is 0.326 e. The Hall–Kier alpha value is -1.31. The highest BCUT2D eigenvalue weighted by molar-refractivity contribution is 5.91. The van der Waals surface area contributed by atoms with Gasteiger partial charge in [0.2, 0.25) is 5.91 Å². The minimum atomic E-state index is 0.0241. The van der Waals surface area contributed by atoms with Gasteiger partial charge in [0.05, 0.1) is 0 Å². The lowest BCUT2D eigenvalue weighted by Gasteiger charge is -2.19. The third-order valence-electron chi connectivity index (χ3n) is 2.66. The molecule has 0 heterocycles. The van der Waals surface area contributed by atoms with E-state index in [1.54, 1.807) is 0 Å². The Labute approximate surface area is 117 Å². The Kier molecular flexibility index (Phi) is 4.78. The molecule has 0 aliphatic heterocycles. The van der Waals surface area contributed by atoms with Gasteiger partial charge in [-0.25, -0.2) is 0 Å². The van der Waals surface area contributed by atoms with Crippen LogP contribution in [0.25, 0.3) is 0 Å². The van der Waals surface area contributed by atoms with Crippen molar-refractivity contribution >= 4 is 11.6 Å². The van der Waals surface area contributed by atoms with Crippen LogP contribution in [-0.2, 0) is 11.2 Å². The standard InChI is InChI=1S/C17H27NO/c1-16(2,3)11-13-7-9-14(10-8-13)18-15(19)12-17(4,5)6/h7-10H,11-12H2,1-6H3,(H,18,19). The van der Waals surface area contributed by atoms with E-state index in [-0.39, 0.29) is 16.7 Å².